The number of rotatable bonds is 9. The number of ether oxygens (including phenoxy) is 1. The van der Waals surface area contributed by atoms with Crippen molar-refractivity contribution in [2.75, 3.05) is 18.1 Å². The molecule has 1 N–H and O–H groups in total. The van der Waals surface area contributed by atoms with Gasteiger partial charge in [0.1, 0.15) is 5.75 Å². The minimum atomic E-state index is -3.98. The van der Waals surface area contributed by atoms with Gasteiger partial charge >= 0.3 is 0 Å². The van der Waals surface area contributed by atoms with Gasteiger partial charge in [-0.2, -0.15) is 5.10 Å². The molecular weight excluding hydrogens is 599 g/mol. The van der Waals surface area contributed by atoms with Gasteiger partial charge in [-0.3, -0.25) is 9.40 Å². The molecule has 0 amide bonds. The van der Waals surface area contributed by atoms with E-state index in [2.05, 4.69) is 14.8 Å². The topological polar surface area (TPSA) is 125 Å². The van der Waals surface area contributed by atoms with Crippen LogP contribution in [-0.2, 0) is 26.6 Å². The van der Waals surface area contributed by atoms with E-state index in [-0.39, 0.29) is 10.5 Å². The monoisotopic (exact) mass is 627 g/mol. The quantitative estimate of drug-likeness (QED) is 0.223. The number of benzene rings is 3. The lowest BCUT2D eigenvalue weighted by Crippen LogP contribution is -2.12. The van der Waals surface area contributed by atoms with Crippen molar-refractivity contribution in [3.8, 4) is 28.0 Å². The predicted molar refractivity (Wildman–Crippen MR) is 171 cm³/mol. The summed E-state index contributed by atoms with van der Waals surface area (Å²) in [6.45, 7) is 2.40. The van der Waals surface area contributed by atoms with Gasteiger partial charge < -0.3 is 4.74 Å². The highest BCUT2D eigenvalue weighted by Crippen LogP contribution is 2.35. The number of pyridine rings is 1. The molecule has 6 rings (SSSR count). The number of methoxy groups -OCH3 is 1. The molecule has 0 saturated carbocycles. The van der Waals surface area contributed by atoms with Gasteiger partial charge in [-0.15, -0.1) is 0 Å². The van der Waals surface area contributed by atoms with Crippen molar-refractivity contribution in [1.29, 1.82) is 0 Å². The Morgan fingerprint density at radius 2 is 1.59 bits per heavy atom. The molecule has 0 bridgehead atoms. The molecule has 0 aliphatic carbocycles. The second-order valence-electron chi connectivity index (χ2n) is 10.5. The number of sulfonamides is 1. The first-order chi connectivity index (χ1) is 21.0. The molecule has 0 spiro atoms. The van der Waals surface area contributed by atoms with Crippen LogP contribution in [0.4, 0.5) is 5.69 Å². The third-order valence-electron chi connectivity index (χ3n) is 7.14. The summed E-state index contributed by atoms with van der Waals surface area (Å²) < 4.78 is 62.1. The Balaban J connectivity index is 1.47. The molecule has 0 aliphatic heterocycles. The van der Waals surface area contributed by atoms with Crippen molar-refractivity contribution < 1.29 is 21.6 Å². The van der Waals surface area contributed by atoms with Crippen LogP contribution in [0.5, 0.6) is 5.75 Å². The predicted octanol–water partition coefficient (Wildman–Crippen LogP) is 5.54. The second-order valence-corrected chi connectivity index (χ2v) is 14.0. The highest BCUT2D eigenvalue weighted by atomic mass is 32.2. The number of aromatic nitrogens is 4. The summed E-state index contributed by atoms with van der Waals surface area (Å²) in [5.41, 5.74) is 5.39. The standard InChI is InChI=1S/C32H29N5O5S2/c1-22-7-13-29(14-8-22)44(40,41)37-21-31(26-18-34-36(20-26)19-23-9-11-28(42-2)12-10-23)30-16-25(17-33-32(30)37)24-5-4-6-27(15-24)35-43(3,38)39/h4-18,20-21,35H,19H2,1-3H3. The Kier molecular flexibility index (Phi) is 7.48. The van der Waals surface area contributed by atoms with Crippen LogP contribution in [-0.4, -0.2) is 48.9 Å². The van der Waals surface area contributed by atoms with Crippen molar-refractivity contribution in [2.24, 2.45) is 0 Å². The van der Waals surface area contributed by atoms with E-state index < -0.39 is 20.0 Å². The molecule has 12 heteroatoms. The lowest BCUT2D eigenvalue weighted by atomic mass is 10.0. The summed E-state index contributed by atoms with van der Waals surface area (Å²) in [6, 6.07) is 23.2. The van der Waals surface area contributed by atoms with E-state index in [4.69, 9.17) is 4.74 Å². The summed E-state index contributed by atoms with van der Waals surface area (Å²) in [5, 5.41) is 5.14. The first-order valence-corrected chi connectivity index (χ1v) is 16.9. The van der Waals surface area contributed by atoms with Crippen LogP contribution in [0.2, 0.25) is 0 Å². The van der Waals surface area contributed by atoms with Crippen molar-refractivity contribution >= 4 is 36.8 Å². The Hall–Kier alpha value is -4.94. The first-order valence-electron chi connectivity index (χ1n) is 13.6. The van der Waals surface area contributed by atoms with E-state index in [9.17, 15) is 16.8 Å². The third kappa shape index (κ3) is 5.94. The Labute approximate surface area is 255 Å². The molecule has 0 atom stereocenters. The van der Waals surface area contributed by atoms with Gasteiger partial charge in [0.25, 0.3) is 10.0 Å². The summed E-state index contributed by atoms with van der Waals surface area (Å²) in [7, 11) is -5.84. The fraction of sp³-hybridized carbons (Fsp3) is 0.125. The number of anilines is 1. The van der Waals surface area contributed by atoms with Gasteiger partial charge in [0.05, 0.1) is 31.0 Å². The lowest BCUT2D eigenvalue weighted by Gasteiger charge is -2.09. The van der Waals surface area contributed by atoms with E-state index in [0.29, 0.717) is 39.9 Å². The van der Waals surface area contributed by atoms with Crippen LogP contribution in [0, 0.1) is 6.92 Å². The maximum atomic E-state index is 13.9. The maximum absolute atomic E-state index is 13.9. The Morgan fingerprint density at radius 1 is 0.841 bits per heavy atom. The molecule has 3 aromatic heterocycles. The zero-order valence-electron chi connectivity index (χ0n) is 24.2. The number of nitrogens with zero attached hydrogens (tertiary/aromatic N) is 4. The van der Waals surface area contributed by atoms with Crippen LogP contribution < -0.4 is 9.46 Å². The number of fused-ring (bicyclic) bond motifs is 1. The van der Waals surface area contributed by atoms with Gasteiger partial charge in [-0.25, -0.2) is 25.8 Å². The molecule has 0 radical (unpaired) electrons. The molecule has 0 fully saturated rings. The molecule has 44 heavy (non-hydrogen) atoms. The Bertz CT molecular complexity index is 2200. The molecular formula is C32H29N5O5S2. The van der Waals surface area contributed by atoms with Crippen LogP contribution >= 0.6 is 0 Å². The average Bonchev–Trinajstić information content (AvgIpc) is 3.61. The van der Waals surface area contributed by atoms with Crippen LogP contribution in [0.1, 0.15) is 11.1 Å². The van der Waals surface area contributed by atoms with Crippen LogP contribution in [0.15, 0.2) is 109 Å². The average molecular weight is 628 g/mol. The van der Waals surface area contributed by atoms with E-state index in [0.717, 1.165) is 23.1 Å². The second kappa shape index (κ2) is 11.3. The number of hydrogen-bond donors (Lipinski definition) is 1. The third-order valence-corrected chi connectivity index (χ3v) is 9.41. The molecule has 3 aromatic carbocycles. The lowest BCUT2D eigenvalue weighted by molar-refractivity contribution is 0.414. The molecule has 3 heterocycles. The molecule has 10 nitrogen and oxygen atoms in total. The number of hydrogen-bond acceptors (Lipinski definition) is 7. The van der Waals surface area contributed by atoms with E-state index in [1.165, 1.54) is 3.97 Å². The Morgan fingerprint density at radius 3 is 2.30 bits per heavy atom. The first kappa shape index (κ1) is 29.1. The van der Waals surface area contributed by atoms with Gasteiger partial charge in [0, 0.05) is 46.4 Å². The van der Waals surface area contributed by atoms with E-state index in [1.54, 1.807) is 72.8 Å². The highest BCUT2D eigenvalue weighted by Gasteiger charge is 2.24. The van der Waals surface area contributed by atoms with Gasteiger partial charge in [0.2, 0.25) is 10.0 Å². The van der Waals surface area contributed by atoms with Gasteiger partial charge in [-0.05, 0) is 60.5 Å². The molecule has 6 aromatic rings. The molecule has 0 unspecified atom stereocenters. The van der Waals surface area contributed by atoms with E-state index in [1.807, 2.05) is 49.5 Å². The summed E-state index contributed by atoms with van der Waals surface area (Å²) in [5.74, 6) is 0.762. The SMILES string of the molecule is COc1ccc(Cn2cc(-c3cn(S(=O)(=O)c4ccc(C)cc4)c4ncc(-c5cccc(NS(C)(=O)=O)c5)cc34)cn2)cc1. The molecule has 0 aliphatic rings. The van der Waals surface area contributed by atoms with Crippen molar-refractivity contribution in [1.82, 2.24) is 18.7 Å². The minimum absolute atomic E-state index is 0.146. The fourth-order valence-corrected chi connectivity index (χ4v) is 6.84. The normalized spacial score (nSPS) is 12.0. The van der Waals surface area contributed by atoms with Crippen LogP contribution in [0.3, 0.4) is 0 Å². The van der Waals surface area contributed by atoms with E-state index >= 15 is 0 Å². The largest absolute Gasteiger partial charge is 0.497 e. The zero-order valence-corrected chi connectivity index (χ0v) is 25.8. The zero-order chi connectivity index (χ0) is 31.1. The van der Waals surface area contributed by atoms with Crippen molar-refractivity contribution in [3.63, 3.8) is 0 Å². The minimum Gasteiger partial charge on any atom is -0.497 e. The summed E-state index contributed by atoms with van der Waals surface area (Å²) in [4.78, 5) is 4.76. The van der Waals surface area contributed by atoms with Crippen molar-refractivity contribution in [3.05, 3.63) is 115 Å². The highest BCUT2D eigenvalue weighted by molar-refractivity contribution is 7.92. The van der Waals surface area contributed by atoms with Gasteiger partial charge in [-0.1, -0.05) is 42.0 Å². The van der Waals surface area contributed by atoms with Crippen LogP contribution in [0.25, 0.3) is 33.3 Å². The fourth-order valence-electron chi connectivity index (χ4n) is 4.96. The van der Waals surface area contributed by atoms with Gasteiger partial charge in [0.15, 0.2) is 5.65 Å². The maximum Gasteiger partial charge on any atom is 0.269 e. The number of aryl methyl sites for hydroxylation is 1. The molecule has 0 saturated heterocycles. The summed E-state index contributed by atoms with van der Waals surface area (Å²) >= 11 is 0. The molecule has 224 valence electrons. The summed E-state index contributed by atoms with van der Waals surface area (Å²) in [6.07, 6.45) is 7.81. The van der Waals surface area contributed by atoms with Crippen molar-refractivity contribution in [2.45, 2.75) is 18.4 Å². The smallest absolute Gasteiger partial charge is 0.269 e. The number of nitrogens with one attached hydrogen (secondary N) is 1.